The molecule has 0 aromatic heterocycles. The van der Waals surface area contributed by atoms with Crippen LogP contribution in [-0.4, -0.2) is 11.2 Å². The van der Waals surface area contributed by atoms with Gasteiger partial charge >= 0.3 is 0 Å². The van der Waals surface area contributed by atoms with Crippen LogP contribution in [0.5, 0.6) is 0 Å². The first-order valence-corrected chi connectivity index (χ1v) is 6.47. The van der Waals surface area contributed by atoms with Crippen molar-refractivity contribution in [1.29, 1.82) is 0 Å². The van der Waals surface area contributed by atoms with E-state index in [2.05, 4.69) is 0 Å². The largest absolute Gasteiger partial charge is 0.391 e. The monoisotopic (exact) mass is 275 g/mol. The summed E-state index contributed by atoms with van der Waals surface area (Å²) in [5.41, 5.74) is 5.72. The predicted octanol–water partition coefficient (Wildman–Crippen LogP) is 3.17. The minimum Gasteiger partial charge on any atom is -0.391 e. The second-order valence-corrected chi connectivity index (χ2v) is 5.20. The molecule has 100 valence electrons. The number of halogens is 3. The molecule has 0 saturated heterocycles. The van der Waals surface area contributed by atoms with Crippen LogP contribution in [0.4, 0.5) is 8.78 Å². The van der Waals surface area contributed by atoms with Crippen LogP contribution in [0, 0.1) is 17.6 Å². The van der Waals surface area contributed by atoms with Crippen molar-refractivity contribution < 1.29 is 13.9 Å². The SMILES string of the molecule is N[C@H](c1c(F)ccc(F)c1Cl)[C@@H](O)C1CCCC1. The smallest absolute Gasteiger partial charge is 0.142 e. The fourth-order valence-corrected chi connectivity index (χ4v) is 2.89. The predicted molar refractivity (Wildman–Crippen MR) is 66.3 cm³/mol. The molecule has 2 nitrogen and oxygen atoms in total. The molecule has 1 aliphatic rings. The number of aliphatic hydroxyl groups excluding tert-OH is 1. The summed E-state index contributed by atoms with van der Waals surface area (Å²) in [6.07, 6.45) is 2.91. The Hall–Kier alpha value is -0.710. The summed E-state index contributed by atoms with van der Waals surface area (Å²) < 4.78 is 27.0. The first-order chi connectivity index (χ1) is 8.52. The first kappa shape index (κ1) is 13.7. The molecule has 1 saturated carbocycles. The standard InChI is InChI=1S/C13H16ClF2NO/c14-11-9(16)6-5-8(15)10(11)12(17)13(18)7-3-1-2-4-7/h5-7,12-13,18H,1-4,17H2/t12-,13+/m1/s1. The van der Waals surface area contributed by atoms with E-state index in [0.29, 0.717) is 0 Å². The summed E-state index contributed by atoms with van der Waals surface area (Å²) in [6, 6.07) is 0.949. The van der Waals surface area contributed by atoms with Gasteiger partial charge in [0, 0.05) is 5.56 Å². The van der Waals surface area contributed by atoms with Gasteiger partial charge in [0.25, 0.3) is 0 Å². The van der Waals surface area contributed by atoms with E-state index in [1.807, 2.05) is 0 Å². The number of hydrogen-bond donors (Lipinski definition) is 2. The Morgan fingerprint density at radius 1 is 1.22 bits per heavy atom. The second kappa shape index (κ2) is 5.51. The molecule has 1 aromatic rings. The number of aliphatic hydroxyl groups is 1. The minimum atomic E-state index is -0.990. The Morgan fingerprint density at radius 2 is 1.78 bits per heavy atom. The molecule has 18 heavy (non-hydrogen) atoms. The fraction of sp³-hybridized carbons (Fsp3) is 0.538. The van der Waals surface area contributed by atoms with Gasteiger partial charge in [0.1, 0.15) is 11.6 Å². The molecule has 0 heterocycles. The van der Waals surface area contributed by atoms with Gasteiger partial charge in [0.15, 0.2) is 0 Å². The highest BCUT2D eigenvalue weighted by molar-refractivity contribution is 6.31. The van der Waals surface area contributed by atoms with Crippen LogP contribution in [0.15, 0.2) is 12.1 Å². The van der Waals surface area contributed by atoms with Crippen molar-refractivity contribution in [2.45, 2.75) is 37.8 Å². The zero-order valence-corrected chi connectivity index (χ0v) is 10.6. The molecule has 5 heteroatoms. The molecule has 0 amide bonds. The molecule has 0 spiro atoms. The lowest BCUT2D eigenvalue weighted by Crippen LogP contribution is -2.33. The van der Waals surface area contributed by atoms with Crippen LogP contribution in [-0.2, 0) is 0 Å². The average molecular weight is 276 g/mol. The maximum absolute atomic E-state index is 13.7. The summed E-state index contributed by atoms with van der Waals surface area (Å²) in [6.45, 7) is 0. The molecule has 0 radical (unpaired) electrons. The summed E-state index contributed by atoms with van der Waals surface area (Å²) in [7, 11) is 0. The van der Waals surface area contributed by atoms with Crippen LogP contribution in [0.3, 0.4) is 0 Å². The quantitative estimate of drug-likeness (QED) is 0.833. The van der Waals surface area contributed by atoms with E-state index in [1.54, 1.807) is 0 Å². The Labute approximate surface area is 110 Å². The van der Waals surface area contributed by atoms with E-state index in [1.165, 1.54) is 0 Å². The summed E-state index contributed by atoms with van der Waals surface area (Å²) in [5, 5.41) is 9.80. The molecule has 1 aliphatic carbocycles. The lowest BCUT2D eigenvalue weighted by atomic mass is 9.90. The van der Waals surface area contributed by atoms with E-state index >= 15 is 0 Å². The first-order valence-electron chi connectivity index (χ1n) is 6.09. The number of hydrogen-bond acceptors (Lipinski definition) is 2. The topological polar surface area (TPSA) is 46.2 Å². The van der Waals surface area contributed by atoms with Crippen molar-refractivity contribution >= 4 is 11.6 Å². The van der Waals surface area contributed by atoms with Crippen LogP contribution in [0.1, 0.15) is 37.3 Å². The molecular weight excluding hydrogens is 260 g/mol. The van der Waals surface area contributed by atoms with Crippen LogP contribution in [0.25, 0.3) is 0 Å². The van der Waals surface area contributed by atoms with Crippen LogP contribution < -0.4 is 5.73 Å². The van der Waals surface area contributed by atoms with Gasteiger partial charge in [0.05, 0.1) is 17.2 Å². The lowest BCUT2D eigenvalue weighted by Gasteiger charge is -2.25. The molecule has 0 unspecified atom stereocenters. The van der Waals surface area contributed by atoms with Crippen molar-refractivity contribution in [3.63, 3.8) is 0 Å². The highest BCUT2D eigenvalue weighted by atomic mass is 35.5. The van der Waals surface area contributed by atoms with Gasteiger partial charge in [-0.2, -0.15) is 0 Å². The summed E-state index contributed by atoms with van der Waals surface area (Å²) in [5.74, 6) is -1.35. The maximum atomic E-state index is 13.7. The molecule has 2 atom stereocenters. The van der Waals surface area contributed by atoms with E-state index in [4.69, 9.17) is 17.3 Å². The molecule has 2 rings (SSSR count). The third-order valence-electron chi connectivity index (χ3n) is 3.66. The van der Waals surface area contributed by atoms with Gasteiger partial charge in [-0.3, -0.25) is 0 Å². The van der Waals surface area contributed by atoms with Crippen molar-refractivity contribution in [2.24, 2.45) is 11.7 Å². The van der Waals surface area contributed by atoms with Gasteiger partial charge in [-0.1, -0.05) is 24.4 Å². The van der Waals surface area contributed by atoms with E-state index in [-0.39, 0.29) is 16.5 Å². The zero-order valence-electron chi connectivity index (χ0n) is 9.87. The molecular formula is C13H16ClF2NO. The van der Waals surface area contributed by atoms with E-state index < -0.39 is 23.8 Å². The minimum absolute atomic E-state index is 0.0405. The lowest BCUT2D eigenvalue weighted by molar-refractivity contribution is 0.0832. The zero-order chi connectivity index (χ0) is 13.3. The molecule has 0 aliphatic heterocycles. The van der Waals surface area contributed by atoms with E-state index in [0.717, 1.165) is 37.8 Å². The summed E-state index contributed by atoms with van der Waals surface area (Å²) in [4.78, 5) is 0. The second-order valence-electron chi connectivity index (χ2n) is 4.82. The van der Waals surface area contributed by atoms with Crippen molar-refractivity contribution in [3.05, 3.63) is 34.4 Å². The molecule has 1 aromatic carbocycles. The Balaban J connectivity index is 2.27. The number of rotatable bonds is 3. The number of nitrogens with two attached hydrogens (primary N) is 1. The third kappa shape index (κ3) is 2.51. The highest BCUT2D eigenvalue weighted by Gasteiger charge is 2.31. The van der Waals surface area contributed by atoms with Crippen molar-refractivity contribution in [3.8, 4) is 0 Å². The number of benzene rings is 1. The van der Waals surface area contributed by atoms with Gasteiger partial charge in [-0.25, -0.2) is 8.78 Å². The maximum Gasteiger partial charge on any atom is 0.142 e. The van der Waals surface area contributed by atoms with Gasteiger partial charge in [-0.15, -0.1) is 0 Å². The van der Waals surface area contributed by atoms with E-state index in [9.17, 15) is 13.9 Å². The van der Waals surface area contributed by atoms with Gasteiger partial charge < -0.3 is 10.8 Å². The highest BCUT2D eigenvalue weighted by Crippen LogP contribution is 2.36. The Morgan fingerprint density at radius 3 is 2.39 bits per heavy atom. The summed E-state index contributed by atoms with van der Waals surface area (Å²) >= 11 is 5.74. The molecule has 1 fully saturated rings. The fourth-order valence-electron chi connectivity index (χ4n) is 2.61. The normalized spacial score (nSPS) is 20.1. The van der Waals surface area contributed by atoms with Crippen molar-refractivity contribution in [2.75, 3.05) is 0 Å². The Kier molecular flexibility index (Phi) is 4.20. The van der Waals surface area contributed by atoms with Gasteiger partial charge in [-0.05, 0) is 30.9 Å². The Bertz CT molecular complexity index is 435. The third-order valence-corrected chi connectivity index (χ3v) is 4.05. The molecule has 0 bridgehead atoms. The molecule has 3 N–H and O–H groups in total. The van der Waals surface area contributed by atoms with Gasteiger partial charge in [0.2, 0.25) is 0 Å². The van der Waals surface area contributed by atoms with Crippen molar-refractivity contribution in [1.82, 2.24) is 0 Å². The van der Waals surface area contributed by atoms with Crippen LogP contribution >= 0.6 is 11.6 Å². The van der Waals surface area contributed by atoms with Crippen LogP contribution in [0.2, 0.25) is 5.02 Å². The average Bonchev–Trinajstić information content (AvgIpc) is 2.87.